The summed E-state index contributed by atoms with van der Waals surface area (Å²) in [7, 11) is 0. The number of benzene rings is 4. The van der Waals surface area contributed by atoms with Crippen LogP contribution in [0.4, 0.5) is 11.4 Å². The fourth-order valence-electron chi connectivity index (χ4n) is 3.86. The molecule has 182 valence electrons. The third-order valence-corrected chi connectivity index (χ3v) is 6.17. The Labute approximate surface area is 219 Å². The Morgan fingerprint density at radius 3 is 2.31 bits per heavy atom. The first-order valence-electron chi connectivity index (χ1n) is 11.8. The average Bonchev–Trinajstić information content (AvgIpc) is 2.91. The topological polar surface area (TPSA) is 58.6 Å². The molecule has 0 saturated carbocycles. The Balaban J connectivity index is 1.48. The summed E-state index contributed by atoms with van der Waals surface area (Å²) in [5, 5.41) is 2.92. The number of amides is 2. The summed E-state index contributed by atoms with van der Waals surface area (Å²) in [4.78, 5) is 28.1. The highest BCUT2D eigenvalue weighted by molar-refractivity contribution is 9.10. The number of carbonyl (C=O) groups excluding carboxylic acids is 2. The van der Waals surface area contributed by atoms with Crippen molar-refractivity contribution in [3.63, 3.8) is 0 Å². The van der Waals surface area contributed by atoms with Crippen LogP contribution in [0.15, 0.2) is 108 Å². The predicted octanol–water partition coefficient (Wildman–Crippen LogP) is 6.99. The number of para-hydroxylation sites is 1. The van der Waals surface area contributed by atoms with Gasteiger partial charge in [0.15, 0.2) is 0 Å². The van der Waals surface area contributed by atoms with Crippen molar-refractivity contribution in [3.8, 4) is 5.75 Å². The van der Waals surface area contributed by atoms with Gasteiger partial charge in [0.2, 0.25) is 0 Å². The van der Waals surface area contributed by atoms with Gasteiger partial charge in [0, 0.05) is 34.4 Å². The van der Waals surface area contributed by atoms with E-state index < -0.39 is 0 Å². The molecule has 0 atom stereocenters. The average molecular weight is 543 g/mol. The summed E-state index contributed by atoms with van der Waals surface area (Å²) in [5.41, 5.74) is 3.43. The normalized spacial score (nSPS) is 10.5. The second-order valence-electron chi connectivity index (χ2n) is 8.14. The molecular weight excluding hydrogens is 516 g/mol. The van der Waals surface area contributed by atoms with E-state index in [1.165, 1.54) is 5.56 Å². The molecule has 0 aromatic heterocycles. The van der Waals surface area contributed by atoms with E-state index in [2.05, 4.69) is 21.2 Å². The first-order chi connectivity index (χ1) is 17.5. The van der Waals surface area contributed by atoms with Crippen molar-refractivity contribution in [2.75, 3.05) is 23.4 Å². The SMILES string of the molecule is CCN(C(=O)c1cccc(NC(=O)c2cc(Br)ccc2OCCc2ccccc2)c1)c1ccccc1. The van der Waals surface area contributed by atoms with Crippen molar-refractivity contribution in [1.29, 1.82) is 0 Å². The van der Waals surface area contributed by atoms with Crippen molar-refractivity contribution >= 4 is 39.1 Å². The minimum absolute atomic E-state index is 0.132. The van der Waals surface area contributed by atoms with Crippen LogP contribution in [0.25, 0.3) is 0 Å². The molecule has 0 aliphatic carbocycles. The van der Waals surface area contributed by atoms with Crippen LogP contribution in [0.1, 0.15) is 33.2 Å². The molecule has 4 rings (SSSR count). The maximum atomic E-state index is 13.2. The van der Waals surface area contributed by atoms with Crippen molar-refractivity contribution in [1.82, 2.24) is 0 Å². The van der Waals surface area contributed by atoms with Crippen molar-refractivity contribution < 1.29 is 14.3 Å². The van der Waals surface area contributed by atoms with E-state index in [1.807, 2.05) is 73.7 Å². The van der Waals surface area contributed by atoms with Crippen LogP contribution in [0.5, 0.6) is 5.75 Å². The molecule has 0 heterocycles. The van der Waals surface area contributed by atoms with Gasteiger partial charge in [0.05, 0.1) is 12.2 Å². The van der Waals surface area contributed by atoms with Crippen LogP contribution in [-0.2, 0) is 6.42 Å². The lowest BCUT2D eigenvalue weighted by Crippen LogP contribution is -2.30. The molecule has 1 N–H and O–H groups in total. The van der Waals surface area contributed by atoms with Gasteiger partial charge in [-0.2, -0.15) is 0 Å². The van der Waals surface area contributed by atoms with Crippen LogP contribution >= 0.6 is 15.9 Å². The monoisotopic (exact) mass is 542 g/mol. The van der Waals surface area contributed by atoms with Gasteiger partial charge in [0.25, 0.3) is 11.8 Å². The van der Waals surface area contributed by atoms with Crippen LogP contribution in [0.2, 0.25) is 0 Å². The number of halogens is 1. The van der Waals surface area contributed by atoms with Gasteiger partial charge in [-0.05, 0) is 61.0 Å². The number of nitrogens with zero attached hydrogens (tertiary/aromatic N) is 1. The standard InChI is InChI=1S/C30H27BrN2O3/c1-2-33(26-14-7-4-8-15-26)30(35)23-12-9-13-25(20-23)32-29(34)27-21-24(31)16-17-28(27)36-19-18-22-10-5-3-6-11-22/h3-17,20-21H,2,18-19H2,1H3,(H,32,34). The molecular formula is C30H27BrN2O3. The van der Waals surface area contributed by atoms with E-state index in [4.69, 9.17) is 4.74 Å². The second kappa shape index (κ2) is 12.2. The molecule has 0 saturated heterocycles. The van der Waals surface area contributed by atoms with Gasteiger partial charge in [-0.3, -0.25) is 9.59 Å². The highest BCUT2D eigenvalue weighted by Crippen LogP contribution is 2.25. The molecule has 0 bridgehead atoms. The molecule has 0 fully saturated rings. The summed E-state index contributed by atoms with van der Waals surface area (Å²) in [6, 6.07) is 31.9. The fourth-order valence-corrected chi connectivity index (χ4v) is 4.23. The molecule has 4 aromatic carbocycles. The number of rotatable bonds is 9. The lowest BCUT2D eigenvalue weighted by molar-refractivity contribution is 0.0985. The highest BCUT2D eigenvalue weighted by Gasteiger charge is 2.18. The van der Waals surface area contributed by atoms with E-state index in [-0.39, 0.29) is 11.8 Å². The smallest absolute Gasteiger partial charge is 0.259 e. The number of anilines is 2. The van der Waals surface area contributed by atoms with E-state index in [1.54, 1.807) is 41.3 Å². The zero-order valence-corrected chi connectivity index (χ0v) is 21.6. The first kappa shape index (κ1) is 25.2. The van der Waals surface area contributed by atoms with E-state index in [9.17, 15) is 9.59 Å². The van der Waals surface area contributed by atoms with Crippen molar-refractivity contribution in [2.24, 2.45) is 0 Å². The Morgan fingerprint density at radius 1 is 0.861 bits per heavy atom. The molecule has 2 amide bonds. The Morgan fingerprint density at radius 2 is 1.58 bits per heavy atom. The first-order valence-corrected chi connectivity index (χ1v) is 12.6. The van der Waals surface area contributed by atoms with Gasteiger partial charge in [-0.25, -0.2) is 0 Å². The molecule has 6 heteroatoms. The zero-order chi connectivity index (χ0) is 25.3. The number of hydrogen-bond donors (Lipinski definition) is 1. The second-order valence-corrected chi connectivity index (χ2v) is 9.06. The van der Waals surface area contributed by atoms with Crippen LogP contribution < -0.4 is 15.0 Å². The van der Waals surface area contributed by atoms with E-state index in [0.717, 1.165) is 16.6 Å². The summed E-state index contributed by atoms with van der Waals surface area (Å²) in [5.74, 6) is 0.0540. The Hall–Kier alpha value is -3.90. The van der Waals surface area contributed by atoms with Crippen LogP contribution in [-0.4, -0.2) is 25.0 Å². The predicted molar refractivity (Wildman–Crippen MR) is 148 cm³/mol. The molecule has 0 aliphatic rings. The largest absolute Gasteiger partial charge is 0.492 e. The molecule has 0 radical (unpaired) electrons. The Bertz CT molecular complexity index is 1330. The number of carbonyl (C=O) groups is 2. The maximum Gasteiger partial charge on any atom is 0.259 e. The van der Waals surface area contributed by atoms with Crippen LogP contribution in [0, 0.1) is 0 Å². The van der Waals surface area contributed by atoms with Gasteiger partial charge in [-0.1, -0.05) is 70.5 Å². The van der Waals surface area contributed by atoms with Gasteiger partial charge in [0.1, 0.15) is 5.75 Å². The third kappa shape index (κ3) is 6.40. The molecule has 36 heavy (non-hydrogen) atoms. The zero-order valence-electron chi connectivity index (χ0n) is 20.0. The minimum atomic E-state index is -0.314. The number of ether oxygens (including phenoxy) is 1. The van der Waals surface area contributed by atoms with Gasteiger partial charge in [-0.15, -0.1) is 0 Å². The fraction of sp³-hybridized carbons (Fsp3) is 0.133. The minimum Gasteiger partial charge on any atom is -0.492 e. The van der Waals surface area contributed by atoms with Gasteiger partial charge >= 0.3 is 0 Å². The molecule has 0 aliphatic heterocycles. The molecule has 0 unspecified atom stereocenters. The Kier molecular flexibility index (Phi) is 8.53. The van der Waals surface area contributed by atoms with E-state index >= 15 is 0 Å². The highest BCUT2D eigenvalue weighted by atomic mass is 79.9. The van der Waals surface area contributed by atoms with E-state index in [0.29, 0.717) is 35.7 Å². The number of nitrogens with one attached hydrogen (secondary N) is 1. The molecule has 4 aromatic rings. The third-order valence-electron chi connectivity index (χ3n) is 5.67. The number of hydrogen-bond acceptors (Lipinski definition) is 3. The summed E-state index contributed by atoms with van der Waals surface area (Å²) in [6.45, 7) is 2.91. The summed E-state index contributed by atoms with van der Waals surface area (Å²) >= 11 is 3.45. The molecule has 5 nitrogen and oxygen atoms in total. The molecule has 0 spiro atoms. The lowest BCUT2D eigenvalue weighted by atomic mass is 10.1. The van der Waals surface area contributed by atoms with Gasteiger partial charge < -0.3 is 15.0 Å². The lowest BCUT2D eigenvalue weighted by Gasteiger charge is -2.21. The van der Waals surface area contributed by atoms with Crippen molar-refractivity contribution in [2.45, 2.75) is 13.3 Å². The van der Waals surface area contributed by atoms with Crippen molar-refractivity contribution in [3.05, 3.63) is 124 Å². The quantitative estimate of drug-likeness (QED) is 0.248. The summed E-state index contributed by atoms with van der Waals surface area (Å²) in [6.07, 6.45) is 0.734. The van der Waals surface area contributed by atoms with Crippen LogP contribution in [0.3, 0.4) is 0 Å². The summed E-state index contributed by atoms with van der Waals surface area (Å²) < 4.78 is 6.74. The maximum absolute atomic E-state index is 13.2.